The quantitative estimate of drug-likeness (QED) is 0.335. The van der Waals surface area contributed by atoms with Crippen LogP contribution >= 0.6 is 0 Å². The molecular formula is C15H18O3. The van der Waals surface area contributed by atoms with E-state index in [1.807, 2.05) is 32.0 Å². The Balaban J connectivity index is 2.48. The van der Waals surface area contributed by atoms with Crippen molar-refractivity contribution in [3.8, 4) is 5.75 Å². The Morgan fingerprint density at radius 2 is 1.89 bits per heavy atom. The van der Waals surface area contributed by atoms with Crippen molar-refractivity contribution in [2.24, 2.45) is 0 Å². The van der Waals surface area contributed by atoms with E-state index in [0.717, 1.165) is 11.1 Å². The molecular weight excluding hydrogens is 228 g/mol. The first-order chi connectivity index (χ1) is 8.50. The third-order valence-corrected chi connectivity index (χ3v) is 2.21. The smallest absolute Gasteiger partial charge is 0.341 e. The number of ether oxygens (including phenoxy) is 2. The number of carbonyl (C=O) groups is 1. The van der Waals surface area contributed by atoms with Gasteiger partial charge >= 0.3 is 5.97 Å². The number of aryl methyl sites for hydroxylation is 1. The van der Waals surface area contributed by atoms with Crippen LogP contribution in [0.4, 0.5) is 0 Å². The first-order valence-corrected chi connectivity index (χ1v) is 5.68. The maximum absolute atomic E-state index is 11.7. The maximum atomic E-state index is 11.7. The highest BCUT2D eigenvalue weighted by Gasteiger charge is 2.11. The molecule has 0 aliphatic heterocycles. The van der Waals surface area contributed by atoms with Gasteiger partial charge in [0.1, 0.15) is 5.75 Å². The number of rotatable bonds is 6. The van der Waals surface area contributed by atoms with E-state index >= 15 is 0 Å². The molecule has 0 heterocycles. The van der Waals surface area contributed by atoms with Gasteiger partial charge in [0, 0.05) is 0 Å². The Labute approximate surface area is 108 Å². The van der Waals surface area contributed by atoms with E-state index in [0.29, 0.717) is 17.9 Å². The molecule has 1 aromatic carbocycles. The topological polar surface area (TPSA) is 35.5 Å². The molecule has 0 spiro atoms. The molecule has 0 aliphatic rings. The first kappa shape index (κ1) is 14.2. The van der Waals surface area contributed by atoms with Crippen LogP contribution in [0, 0.1) is 6.92 Å². The average molecular weight is 246 g/mol. The van der Waals surface area contributed by atoms with E-state index in [9.17, 15) is 4.79 Å². The van der Waals surface area contributed by atoms with Gasteiger partial charge in [0.25, 0.3) is 0 Å². The Bertz CT molecular complexity index is 461. The molecule has 0 saturated heterocycles. The fourth-order valence-electron chi connectivity index (χ4n) is 1.25. The average Bonchev–Trinajstić information content (AvgIpc) is 2.31. The lowest BCUT2D eigenvalue weighted by atomic mass is 10.2. The lowest BCUT2D eigenvalue weighted by molar-refractivity contribution is -0.130. The molecule has 0 unspecified atom stereocenters. The summed E-state index contributed by atoms with van der Waals surface area (Å²) in [5.41, 5.74) is 2.09. The van der Waals surface area contributed by atoms with Crippen molar-refractivity contribution in [3.05, 3.63) is 54.1 Å². The number of carbonyl (C=O) groups excluding carboxylic acids is 1. The van der Waals surface area contributed by atoms with Crippen molar-refractivity contribution in [2.45, 2.75) is 13.8 Å². The molecule has 0 bridgehead atoms. The predicted molar refractivity (Wildman–Crippen MR) is 71.6 cm³/mol. The highest BCUT2D eigenvalue weighted by Crippen LogP contribution is 2.17. The molecule has 0 fully saturated rings. The molecule has 1 rings (SSSR count). The molecule has 96 valence electrons. The zero-order valence-corrected chi connectivity index (χ0v) is 10.9. The third kappa shape index (κ3) is 4.55. The van der Waals surface area contributed by atoms with Gasteiger partial charge in [-0.05, 0) is 25.5 Å². The number of esters is 1. The second kappa shape index (κ2) is 6.77. The van der Waals surface area contributed by atoms with Crippen molar-refractivity contribution in [1.29, 1.82) is 0 Å². The summed E-state index contributed by atoms with van der Waals surface area (Å²) in [5.74, 6) is 0.0783. The predicted octanol–water partition coefficient (Wildman–Crippen LogP) is 3.05. The van der Waals surface area contributed by atoms with Gasteiger partial charge in [0.15, 0.2) is 0 Å². The summed E-state index contributed by atoms with van der Waals surface area (Å²) in [6.45, 7) is 11.7. The van der Waals surface area contributed by atoms with Gasteiger partial charge in [-0.25, -0.2) is 4.79 Å². The summed E-state index contributed by atoms with van der Waals surface area (Å²) in [6.07, 6.45) is 0. The van der Waals surface area contributed by atoms with Gasteiger partial charge in [-0.2, -0.15) is 0 Å². The van der Waals surface area contributed by atoms with Gasteiger partial charge in [-0.1, -0.05) is 36.9 Å². The lowest BCUT2D eigenvalue weighted by Gasteiger charge is -2.09. The summed E-state index contributed by atoms with van der Waals surface area (Å²) in [6, 6.07) is 7.33. The van der Waals surface area contributed by atoms with Gasteiger partial charge in [-0.15, -0.1) is 0 Å². The van der Waals surface area contributed by atoms with Gasteiger partial charge in [-0.3, -0.25) is 0 Å². The fraction of sp³-hybridized carbons (Fsp3) is 0.267. The Morgan fingerprint density at radius 1 is 1.22 bits per heavy atom. The second-order valence-corrected chi connectivity index (χ2v) is 4.21. The third-order valence-electron chi connectivity index (χ3n) is 2.21. The van der Waals surface area contributed by atoms with Crippen LogP contribution in [0.3, 0.4) is 0 Å². The molecule has 1 aromatic rings. The highest BCUT2D eigenvalue weighted by molar-refractivity contribution is 5.89. The van der Waals surface area contributed by atoms with E-state index in [2.05, 4.69) is 13.2 Å². The van der Waals surface area contributed by atoms with Crippen LogP contribution in [0.2, 0.25) is 0 Å². The monoisotopic (exact) mass is 246 g/mol. The lowest BCUT2D eigenvalue weighted by Crippen LogP contribution is -2.15. The van der Waals surface area contributed by atoms with E-state index in [1.165, 1.54) is 0 Å². The summed E-state index contributed by atoms with van der Waals surface area (Å²) in [7, 11) is 0. The van der Waals surface area contributed by atoms with Crippen LogP contribution in [0.1, 0.15) is 12.5 Å². The van der Waals surface area contributed by atoms with Crippen LogP contribution in [0.25, 0.3) is 0 Å². The summed E-state index contributed by atoms with van der Waals surface area (Å²) in [5, 5.41) is 0. The molecule has 3 nitrogen and oxygen atoms in total. The summed E-state index contributed by atoms with van der Waals surface area (Å²) < 4.78 is 10.5. The van der Waals surface area contributed by atoms with Crippen molar-refractivity contribution in [2.75, 3.05) is 13.2 Å². The molecule has 0 aromatic heterocycles. The van der Waals surface area contributed by atoms with Crippen LogP contribution in [-0.4, -0.2) is 19.2 Å². The molecule has 0 N–H and O–H groups in total. The van der Waals surface area contributed by atoms with Crippen LogP contribution in [-0.2, 0) is 9.53 Å². The SMILES string of the molecule is C=C(C)COCC(=C)C(=O)Oc1ccccc1C. The van der Waals surface area contributed by atoms with E-state index in [-0.39, 0.29) is 6.61 Å². The van der Waals surface area contributed by atoms with Crippen molar-refractivity contribution < 1.29 is 14.3 Å². The summed E-state index contributed by atoms with van der Waals surface area (Å²) in [4.78, 5) is 11.7. The van der Waals surface area contributed by atoms with Gasteiger partial charge < -0.3 is 9.47 Å². The molecule has 0 radical (unpaired) electrons. The van der Waals surface area contributed by atoms with Crippen LogP contribution < -0.4 is 4.74 Å². The molecule has 3 heteroatoms. The van der Waals surface area contributed by atoms with Crippen molar-refractivity contribution in [1.82, 2.24) is 0 Å². The normalized spacial score (nSPS) is 9.89. The zero-order valence-electron chi connectivity index (χ0n) is 10.9. The molecule has 0 aliphatic carbocycles. The maximum Gasteiger partial charge on any atom is 0.341 e. The largest absolute Gasteiger partial charge is 0.423 e. The number of para-hydroxylation sites is 1. The minimum Gasteiger partial charge on any atom is -0.423 e. The number of benzene rings is 1. The van der Waals surface area contributed by atoms with Crippen molar-refractivity contribution in [3.63, 3.8) is 0 Å². The highest BCUT2D eigenvalue weighted by atomic mass is 16.5. The van der Waals surface area contributed by atoms with Gasteiger partial charge in [0.05, 0.1) is 18.8 Å². The minimum atomic E-state index is -0.467. The van der Waals surface area contributed by atoms with Crippen LogP contribution in [0.15, 0.2) is 48.6 Å². The fourth-order valence-corrected chi connectivity index (χ4v) is 1.25. The van der Waals surface area contributed by atoms with E-state index < -0.39 is 5.97 Å². The van der Waals surface area contributed by atoms with E-state index in [1.54, 1.807) is 6.07 Å². The zero-order chi connectivity index (χ0) is 13.5. The second-order valence-electron chi connectivity index (χ2n) is 4.21. The first-order valence-electron chi connectivity index (χ1n) is 5.68. The standard InChI is InChI=1S/C15H18O3/c1-11(2)9-17-10-13(4)15(16)18-14-8-6-5-7-12(14)3/h5-8H,1,4,9-10H2,2-3H3. The summed E-state index contributed by atoms with van der Waals surface area (Å²) >= 11 is 0. The molecule has 0 amide bonds. The van der Waals surface area contributed by atoms with Crippen LogP contribution in [0.5, 0.6) is 5.75 Å². The van der Waals surface area contributed by atoms with E-state index in [4.69, 9.17) is 9.47 Å². The van der Waals surface area contributed by atoms with Crippen molar-refractivity contribution >= 4 is 5.97 Å². The Morgan fingerprint density at radius 3 is 2.50 bits per heavy atom. The Kier molecular flexibility index (Phi) is 5.33. The number of hydrogen-bond donors (Lipinski definition) is 0. The number of hydrogen-bond acceptors (Lipinski definition) is 3. The minimum absolute atomic E-state index is 0.150. The molecule has 0 saturated carbocycles. The molecule has 18 heavy (non-hydrogen) atoms. The molecule has 0 atom stereocenters. The Hall–Kier alpha value is -1.87. The van der Waals surface area contributed by atoms with Gasteiger partial charge in [0.2, 0.25) is 0 Å².